The minimum atomic E-state index is -0.425. The van der Waals surface area contributed by atoms with Crippen LogP contribution >= 0.6 is 0 Å². The molecule has 1 unspecified atom stereocenters. The standard InChI is InChI=1S/C23H25N7O5/c1-14-13-34-17-4-5-18(27-21(17)26-14)30-12-15(35-23(30)32)7-8-24-9-10-33-19-11-25-16-3-6-20(31)29(2)22(16)28-19/h3-6,11,15,24H,1,7-10,12-13H2,2H3,(H,26,27). The number of nitrogens with one attached hydrogen (secondary N) is 2. The zero-order valence-corrected chi connectivity index (χ0v) is 19.2. The molecule has 2 N–H and O–H groups in total. The number of cyclic esters (lactones) is 1. The molecule has 2 aliphatic heterocycles. The number of pyridine rings is 2. The molecule has 1 amide bonds. The van der Waals surface area contributed by atoms with Gasteiger partial charge in [-0.2, -0.15) is 4.98 Å². The fraction of sp³-hybridized carbons (Fsp3) is 0.348. The average Bonchev–Trinajstić information content (AvgIpc) is 3.23. The van der Waals surface area contributed by atoms with Crippen LogP contribution in [-0.2, 0) is 11.8 Å². The zero-order valence-electron chi connectivity index (χ0n) is 19.2. The molecule has 2 aliphatic rings. The number of carbonyl (C=O) groups is 1. The van der Waals surface area contributed by atoms with Crippen LogP contribution in [0.3, 0.4) is 0 Å². The van der Waals surface area contributed by atoms with Gasteiger partial charge in [-0.05, 0) is 31.2 Å². The molecule has 0 saturated carbocycles. The highest BCUT2D eigenvalue weighted by molar-refractivity contribution is 5.89. The predicted octanol–water partition coefficient (Wildman–Crippen LogP) is 1.43. The maximum absolute atomic E-state index is 12.4. The summed E-state index contributed by atoms with van der Waals surface area (Å²) in [5, 5.41) is 6.34. The predicted molar refractivity (Wildman–Crippen MR) is 128 cm³/mol. The summed E-state index contributed by atoms with van der Waals surface area (Å²) >= 11 is 0. The van der Waals surface area contributed by atoms with Gasteiger partial charge >= 0.3 is 6.09 Å². The van der Waals surface area contributed by atoms with E-state index in [1.165, 1.54) is 21.7 Å². The number of carbonyl (C=O) groups excluding carboxylic acids is 1. The number of aryl methyl sites for hydroxylation is 1. The van der Waals surface area contributed by atoms with Crippen molar-refractivity contribution in [3.05, 3.63) is 53.1 Å². The molecule has 182 valence electrons. The molecule has 5 rings (SSSR count). The number of aromatic nitrogens is 4. The lowest BCUT2D eigenvalue weighted by Gasteiger charge is -2.21. The Hall–Kier alpha value is -4.19. The van der Waals surface area contributed by atoms with E-state index in [9.17, 15) is 9.59 Å². The Morgan fingerprint density at radius 3 is 3.00 bits per heavy atom. The summed E-state index contributed by atoms with van der Waals surface area (Å²) in [6.07, 6.45) is 1.50. The van der Waals surface area contributed by atoms with Gasteiger partial charge in [-0.25, -0.2) is 14.8 Å². The minimum absolute atomic E-state index is 0.157. The number of rotatable bonds is 8. The third-order valence-electron chi connectivity index (χ3n) is 5.65. The highest BCUT2D eigenvalue weighted by Crippen LogP contribution is 2.31. The lowest BCUT2D eigenvalue weighted by Crippen LogP contribution is -2.28. The molecule has 0 spiro atoms. The molecule has 12 heteroatoms. The van der Waals surface area contributed by atoms with Gasteiger partial charge < -0.3 is 24.8 Å². The van der Waals surface area contributed by atoms with Crippen LogP contribution in [0.4, 0.5) is 16.4 Å². The van der Waals surface area contributed by atoms with Crippen LogP contribution in [0, 0.1) is 0 Å². The molecule has 1 fully saturated rings. The molecule has 5 heterocycles. The van der Waals surface area contributed by atoms with Crippen molar-refractivity contribution in [2.24, 2.45) is 7.05 Å². The number of hydrogen-bond acceptors (Lipinski definition) is 10. The van der Waals surface area contributed by atoms with Gasteiger partial charge in [0.1, 0.15) is 30.7 Å². The van der Waals surface area contributed by atoms with Gasteiger partial charge in [0.2, 0.25) is 5.88 Å². The second-order valence-corrected chi connectivity index (χ2v) is 8.18. The summed E-state index contributed by atoms with van der Waals surface area (Å²) in [4.78, 5) is 38.8. The van der Waals surface area contributed by atoms with Gasteiger partial charge in [0, 0.05) is 25.4 Å². The summed E-state index contributed by atoms with van der Waals surface area (Å²) in [5.74, 6) is 2.00. The van der Waals surface area contributed by atoms with Crippen LogP contribution in [-0.4, -0.2) is 64.6 Å². The maximum atomic E-state index is 12.4. The second kappa shape index (κ2) is 9.58. The largest absolute Gasteiger partial charge is 0.484 e. The third kappa shape index (κ3) is 4.87. The van der Waals surface area contributed by atoms with Gasteiger partial charge in [-0.3, -0.25) is 14.3 Å². The number of fused-ring (bicyclic) bond motifs is 2. The lowest BCUT2D eigenvalue weighted by molar-refractivity contribution is 0.136. The summed E-state index contributed by atoms with van der Waals surface area (Å²) in [6, 6.07) is 6.60. The monoisotopic (exact) mass is 479 g/mol. The third-order valence-corrected chi connectivity index (χ3v) is 5.65. The fourth-order valence-corrected chi connectivity index (χ4v) is 3.81. The molecule has 0 aromatic carbocycles. The maximum Gasteiger partial charge on any atom is 0.415 e. The van der Waals surface area contributed by atoms with E-state index in [-0.39, 0.29) is 11.7 Å². The van der Waals surface area contributed by atoms with Crippen molar-refractivity contribution in [2.75, 3.05) is 43.1 Å². The van der Waals surface area contributed by atoms with E-state index in [4.69, 9.17) is 14.2 Å². The number of nitrogens with zero attached hydrogens (tertiary/aromatic N) is 5. The zero-order chi connectivity index (χ0) is 24.4. The van der Waals surface area contributed by atoms with Gasteiger partial charge in [-0.1, -0.05) is 6.58 Å². The molecule has 12 nitrogen and oxygen atoms in total. The van der Waals surface area contributed by atoms with Crippen molar-refractivity contribution in [3.63, 3.8) is 0 Å². The number of ether oxygens (including phenoxy) is 3. The van der Waals surface area contributed by atoms with E-state index in [0.717, 1.165) is 0 Å². The van der Waals surface area contributed by atoms with Crippen LogP contribution in [0.5, 0.6) is 11.6 Å². The van der Waals surface area contributed by atoms with Crippen molar-refractivity contribution < 1.29 is 19.0 Å². The van der Waals surface area contributed by atoms with E-state index < -0.39 is 6.09 Å². The van der Waals surface area contributed by atoms with Gasteiger partial charge in [0.05, 0.1) is 12.7 Å². The van der Waals surface area contributed by atoms with Crippen LogP contribution in [0.1, 0.15) is 6.42 Å². The molecule has 1 atom stereocenters. The van der Waals surface area contributed by atoms with Crippen LogP contribution in [0.15, 0.2) is 47.5 Å². The number of hydrogen-bond donors (Lipinski definition) is 2. The Morgan fingerprint density at radius 1 is 1.23 bits per heavy atom. The Bertz CT molecular complexity index is 1340. The quantitative estimate of drug-likeness (QED) is 0.457. The average molecular weight is 479 g/mol. The van der Waals surface area contributed by atoms with Gasteiger partial charge in [-0.15, -0.1) is 0 Å². The molecule has 0 aliphatic carbocycles. The molecule has 0 radical (unpaired) electrons. The first-order valence-electron chi connectivity index (χ1n) is 11.2. The number of anilines is 2. The normalized spacial score (nSPS) is 17.1. The summed E-state index contributed by atoms with van der Waals surface area (Å²) in [7, 11) is 1.64. The van der Waals surface area contributed by atoms with Crippen LogP contribution in [0.25, 0.3) is 11.2 Å². The number of amides is 1. The van der Waals surface area contributed by atoms with E-state index >= 15 is 0 Å². The highest BCUT2D eigenvalue weighted by atomic mass is 16.6. The van der Waals surface area contributed by atoms with Crippen molar-refractivity contribution in [2.45, 2.75) is 12.5 Å². The Balaban J connectivity index is 1.07. The highest BCUT2D eigenvalue weighted by Gasteiger charge is 2.33. The first-order valence-corrected chi connectivity index (χ1v) is 11.2. The molecular weight excluding hydrogens is 454 g/mol. The summed E-state index contributed by atoms with van der Waals surface area (Å²) < 4.78 is 18.1. The Morgan fingerprint density at radius 2 is 2.11 bits per heavy atom. The Labute approximate surface area is 200 Å². The second-order valence-electron chi connectivity index (χ2n) is 8.18. The fourth-order valence-electron chi connectivity index (χ4n) is 3.81. The molecule has 3 aromatic heterocycles. The molecule has 3 aromatic rings. The van der Waals surface area contributed by atoms with Gasteiger partial charge in [0.15, 0.2) is 17.2 Å². The van der Waals surface area contributed by atoms with Crippen molar-refractivity contribution in [1.29, 1.82) is 0 Å². The summed E-state index contributed by atoms with van der Waals surface area (Å²) in [6.45, 7) is 6.22. The first-order chi connectivity index (χ1) is 17.0. The van der Waals surface area contributed by atoms with E-state index in [1.807, 2.05) is 0 Å². The smallest absolute Gasteiger partial charge is 0.415 e. The Kier molecular flexibility index (Phi) is 6.19. The summed E-state index contributed by atoms with van der Waals surface area (Å²) in [5.41, 5.74) is 1.64. The van der Waals surface area contributed by atoms with Crippen molar-refractivity contribution in [3.8, 4) is 11.6 Å². The van der Waals surface area contributed by atoms with Crippen LogP contribution < -0.4 is 30.6 Å². The van der Waals surface area contributed by atoms with E-state index in [1.54, 1.807) is 25.2 Å². The molecule has 35 heavy (non-hydrogen) atoms. The first kappa shape index (κ1) is 22.6. The molecule has 0 bridgehead atoms. The topological polar surface area (TPSA) is 133 Å². The van der Waals surface area contributed by atoms with E-state index in [0.29, 0.717) is 79.4 Å². The lowest BCUT2D eigenvalue weighted by atomic mass is 10.2. The minimum Gasteiger partial charge on any atom is -0.484 e. The van der Waals surface area contributed by atoms with Crippen molar-refractivity contribution in [1.82, 2.24) is 24.8 Å². The van der Waals surface area contributed by atoms with E-state index in [2.05, 4.69) is 32.2 Å². The van der Waals surface area contributed by atoms with Crippen LogP contribution in [0.2, 0.25) is 0 Å². The van der Waals surface area contributed by atoms with Crippen molar-refractivity contribution >= 4 is 28.9 Å². The molecular formula is C23H25N7O5. The van der Waals surface area contributed by atoms with Gasteiger partial charge in [0.25, 0.3) is 5.56 Å². The SMILES string of the molecule is C=C1COc2ccc(N3CC(CCNCCOc4cnc5ccc(=O)n(C)c5n4)OC3=O)nc2N1. The molecule has 1 saturated heterocycles.